The summed E-state index contributed by atoms with van der Waals surface area (Å²) in [5.41, 5.74) is 3.61. The number of benzene rings is 1. The van der Waals surface area contributed by atoms with Gasteiger partial charge in [0.15, 0.2) is 0 Å². The summed E-state index contributed by atoms with van der Waals surface area (Å²) in [6, 6.07) is 15.1. The van der Waals surface area contributed by atoms with Crippen LogP contribution in [0.15, 0.2) is 65.9 Å². The molecule has 5 nitrogen and oxygen atoms in total. The number of rotatable bonds is 4. The molecule has 3 aromatic rings. The second-order valence-corrected chi connectivity index (χ2v) is 5.64. The van der Waals surface area contributed by atoms with E-state index >= 15 is 0 Å². The van der Waals surface area contributed by atoms with Gasteiger partial charge in [0.25, 0.3) is 0 Å². The first-order valence-electron chi connectivity index (χ1n) is 7.03. The number of nitrogens with one attached hydrogen (secondary N) is 1. The minimum atomic E-state index is 0.0212. The zero-order valence-corrected chi connectivity index (χ0v) is 13.3. The molecule has 3 rings (SSSR count). The lowest BCUT2D eigenvalue weighted by molar-refractivity contribution is 1.31. The molecular weight excluding hydrogens is 318 g/mol. The maximum atomic E-state index is 8.75. The second kappa shape index (κ2) is 7.19. The highest BCUT2D eigenvalue weighted by atomic mass is 32.1. The second-order valence-electron chi connectivity index (χ2n) is 4.79. The van der Waals surface area contributed by atoms with Gasteiger partial charge in [-0.05, 0) is 24.3 Å². The van der Waals surface area contributed by atoms with Crippen LogP contribution in [-0.2, 0) is 0 Å². The maximum Gasteiger partial charge on any atom is 0.145 e. The van der Waals surface area contributed by atoms with Gasteiger partial charge in [0.2, 0.25) is 0 Å². The normalized spacial score (nSPS) is 9.58. The van der Waals surface area contributed by atoms with Gasteiger partial charge in [-0.25, -0.2) is 4.98 Å². The zero-order valence-electron chi connectivity index (χ0n) is 12.5. The lowest BCUT2D eigenvalue weighted by Gasteiger charge is -2.03. The number of nitriles is 2. The van der Waals surface area contributed by atoms with Gasteiger partial charge in [-0.3, -0.25) is 4.98 Å². The first-order chi connectivity index (χ1) is 11.8. The molecule has 1 N–H and O–H groups in total. The lowest BCUT2D eigenvalue weighted by Crippen LogP contribution is -1.90. The van der Waals surface area contributed by atoms with Crippen molar-refractivity contribution < 1.29 is 0 Å². The van der Waals surface area contributed by atoms with Crippen LogP contribution in [0.5, 0.6) is 0 Å². The Kier molecular flexibility index (Phi) is 4.62. The van der Waals surface area contributed by atoms with Crippen molar-refractivity contribution in [1.29, 1.82) is 10.5 Å². The van der Waals surface area contributed by atoms with Crippen LogP contribution in [0, 0.1) is 22.7 Å². The third kappa shape index (κ3) is 3.46. The Morgan fingerprint density at radius 3 is 2.71 bits per heavy atom. The van der Waals surface area contributed by atoms with Crippen LogP contribution >= 0.6 is 11.3 Å². The molecule has 0 aliphatic rings. The third-order valence-electron chi connectivity index (χ3n) is 3.20. The molecule has 0 aliphatic heterocycles. The highest BCUT2D eigenvalue weighted by Gasteiger charge is 2.07. The average Bonchev–Trinajstić information content (AvgIpc) is 3.14. The number of hydrogen-bond acceptors (Lipinski definition) is 6. The van der Waals surface area contributed by atoms with Gasteiger partial charge in [-0.2, -0.15) is 10.5 Å². The fourth-order valence-corrected chi connectivity index (χ4v) is 2.86. The van der Waals surface area contributed by atoms with Crippen LogP contribution in [0.3, 0.4) is 0 Å². The number of anilines is 1. The first kappa shape index (κ1) is 15.4. The van der Waals surface area contributed by atoms with Crippen LogP contribution in [0.1, 0.15) is 0 Å². The molecule has 0 atom stereocenters. The van der Waals surface area contributed by atoms with Gasteiger partial charge in [0.1, 0.15) is 22.7 Å². The smallest absolute Gasteiger partial charge is 0.145 e. The Balaban J connectivity index is 1.85. The quantitative estimate of drug-likeness (QED) is 0.724. The molecule has 24 heavy (non-hydrogen) atoms. The van der Waals surface area contributed by atoms with E-state index in [1.807, 2.05) is 53.9 Å². The summed E-state index contributed by atoms with van der Waals surface area (Å²) >= 11 is 1.56. The van der Waals surface area contributed by atoms with E-state index in [0.717, 1.165) is 27.5 Å². The number of allylic oxidation sites excluding steroid dienone is 1. The van der Waals surface area contributed by atoms with Crippen LogP contribution in [0.4, 0.5) is 5.69 Å². The molecule has 0 unspecified atom stereocenters. The van der Waals surface area contributed by atoms with Crippen LogP contribution < -0.4 is 5.32 Å². The molecular formula is C18H11N5S. The zero-order chi connectivity index (χ0) is 16.8. The molecule has 0 bridgehead atoms. The fourth-order valence-electron chi connectivity index (χ4n) is 2.04. The standard InChI is InChI=1S/C18H11N5S/c19-8-13(9-20)10-22-16-5-1-3-14(7-16)17-12-24-18(23-17)15-4-2-6-21-11-15/h1-7,10-12,22H. The third-order valence-corrected chi connectivity index (χ3v) is 4.09. The minimum absolute atomic E-state index is 0.0212. The Morgan fingerprint density at radius 1 is 1.12 bits per heavy atom. The van der Waals surface area contributed by atoms with Crippen LogP contribution in [-0.4, -0.2) is 9.97 Å². The predicted octanol–water partition coefficient (Wildman–Crippen LogP) is 4.22. The van der Waals surface area contributed by atoms with Gasteiger partial charge in [0.05, 0.1) is 5.69 Å². The molecule has 2 aromatic heterocycles. The van der Waals surface area contributed by atoms with Gasteiger partial charge in [0, 0.05) is 40.8 Å². The number of nitrogens with zero attached hydrogens (tertiary/aromatic N) is 4. The molecule has 0 radical (unpaired) electrons. The summed E-state index contributed by atoms with van der Waals surface area (Å²) in [5.74, 6) is 0. The molecule has 0 saturated carbocycles. The predicted molar refractivity (Wildman–Crippen MR) is 93.7 cm³/mol. The van der Waals surface area contributed by atoms with Crippen molar-refractivity contribution >= 4 is 17.0 Å². The van der Waals surface area contributed by atoms with Crippen LogP contribution in [0.25, 0.3) is 21.8 Å². The first-order valence-corrected chi connectivity index (χ1v) is 7.91. The monoisotopic (exact) mass is 329 g/mol. The summed E-state index contributed by atoms with van der Waals surface area (Å²) in [7, 11) is 0. The summed E-state index contributed by atoms with van der Waals surface area (Å²) < 4.78 is 0. The lowest BCUT2D eigenvalue weighted by atomic mass is 10.1. The largest absolute Gasteiger partial charge is 0.360 e. The number of aromatic nitrogens is 2. The fraction of sp³-hybridized carbons (Fsp3) is 0. The molecule has 2 heterocycles. The topological polar surface area (TPSA) is 85.4 Å². The van der Waals surface area contributed by atoms with E-state index in [2.05, 4.69) is 15.3 Å². The Morgan fingerprint density at radius 2 is 1.96 bits per heavy atom. The van der Waals surface area contributed by atoms with E-state index in [1.165, 1.54) is 6.20 Å². The molecule has 0 fully saturated rings. The highest BCUT2D eigenvalue weighted by Crippen LogP contribution is 2.29. The van der Waals surface area contributed by atoms with Crippen molar-refractivity contribution in [3.8, 4) is 34.0 Å². The van der Waals surface area contributed by atoms with Gasteiger partial charge >= 0.3 is 0 Å². The molecule has 0 saturated heterocycles. The summed E-state index contributed by atoms with van der Waals surface area (Å²) in [6.07, 6.45) is 4.91. The summed E-state index contributed by atoms with van der Waals surface area (Å²) in [4.78, 5) is 8.76. The van der Waals surface area contributed by atoms with Crippen LogP contribution in [0.2, 0.25) is 0 Å². The Labute approximate surface area is 143 Å². The van der Waals surface area contributed by atoms with Crippen molar-refractivity contribution in [2.45, 2.75) is 0 Å². The Hall–Kier alpha value is -3.48. The molecule has 114 valence electrons. The summed E-state index contributed by atoms with van der Waals surface area (Å²) in [6.45, 7) is 0. The molecule has 6 heteroatoms. The van der Waals surface area contributed by atoms with E-state index in [9.17, 15) is 0 Å². The van der Waals surface area contributed by atoms with E-state index < -0.39 is 0 Å². The SMILES string of the molecule is N#CC(C#N)=CNc1cccc(-c2csc(-c3cccnc3)n2)c1. The minimum Gasteiger partial charge on any atom is -0.360 e. The van der Waals surface area contributed by atoms with Crippen molar-refractivity contribution in [2.24, 2.45) is 0 Å². The van der Waals surface area contributed by atoms with E-state index in [4.69, 9.17) is 10.5 Å². The van der Waals surface area contributed by atoms with Crippen molar-refractivity contribution in [2.75, 3.05) is 5.32 Å². The molecule has 0 amide bonds. The van der Waals surface area contributed by atoms with Gasteiger partial charge in [-0.1, -0.05) is 12.1 Å². The average molecular weight is 329 g/mol. The maximum absolute atomic E-state index is 8.75. The van der Waals surface area contributed by atoms with E-state index in [0.29, 0.717) is 0 Å². The van der Waals surface area contributed by atoms with E-state index in [-0.39, 0.29) is 5.57 Å². The molecule has 0 spiro atoms. The number of thiazole rings is 1. The van der Waals surface area contributed by atoms with Crippen molar-refractivity contribution in [1.82, 2.24) is 9.97 Å². The number of hydrogen-bond donors (Lipinski definition) is 1. The van der Waals surface area contributed by atoms with Gasteiger partial charge < -0.3 is 5.32 Å². The van der Waals surface area contributed by atoms with Gasteiger partial charge in [-0.15, -0.1) is 11.3 Å². The van der Waals surface area contributed by atoms with Crippen molar-refractivity contribution in [3.05, 3.63) is 65.9 Å². The van der Waals surface area contributed by atoms with E-state index in [1.54, 1.807) is 23.7 Å². The highest BCUT2D eigenvalue weighted by molar-refractivity contribution is 7.13. The summed E-state index contributed by atoms with van der Waals surface area (Å²) in [5, 5.41) is 23.4. The molecule has 0 aliphatic carbocycles. The van der Waals surface area contributed by atoms with Crippen molar-refractivity contribution in [3.63, 3.8) is 0 Å². The number of pyridine rings is 1. The Bertz CT molecular complexity index is 945. The molecule has 1 aromatic carbocycles.